The summed E-state index contributed by atoms with van der Waals surface area (Å²) in [4.78, 5) is 4.09. The van der Waals surface area contributed by atoms with Crippen molar-refractivity contribution in [3.63, 3.8) is 0 Å². The molecule has 0 atom stereocenters. The van der Waals surface area contributed by atoms with Gasteiger partial charge in [0.05, 0.1) is 7.11 Å². The summed E-state index contributed by atoms with van der Waals surface area (Å²) < 4.78 is 5.18. The zero-order valence-electron chi connectivity index (χ0n) is 7.74. The fourth-order valence-corrected chi connectivity index (χ4v) is 1.46. The Morgan fingerprint density at radius 1 is 1.31 bits per heavy atom. The van der Waals surface area contributed by atoms with E-state index in [-0.39, 0.29) is 0 Å². The molecule has 0 spiro atoms. The lowest BCUT2D eigenvalue weighted by Crippen LogP contribution is -1.86. The highest BCUT2D eigenvalue weighted by atomic mass is 16.5. The van der Waals surface area contributed by atoms with E-state index in [1.54, 1.807) is 13.3 Å². The molecule has 0 unspecified atom stereocenters. The lowest BCUT2D eigenvalue weighted by molar-refractivity contribution is 0.415. The molecule has 0 N–H and O–H groups in total. The van der Waals surface area contributed by atoms with Crippen LogP contribution in [-0.4, -0.2) is 12.1 Å². The number of pyridine rings is 1. The zero-order valence-corrected chi connectivity index (χ0v) is 7.74. The lowest BCUT2D eigenvalue weighted by Gasteiger charge is -2.04. The molecule has 2 heteroatoms. The number of methoxy groups -OCH3 is 1. The summed E-state index contributed by atoms with van der Waals surface area (Å²) in [7, 11) is 1.68. The number of ether oxygens (including phenoxy) is 1. The molecule has 0 amide bonds. The zero-order chi connectivity index (χ0) is 9.26. The van der Waals surface area contributed by atoms with Crippen molar-refractivity contribution in [2.75, 3.05) is 7.11 Å². The highest BCUT2D eigenvalue weighted by molar-refractivity contribution is 5.86. The first-order valence-corrected chi connectivity index (χ1v) is 4.19. The Labute approximate surface area is 77.2 Å². The molecule has 2 aromatic rings. The average Bonchev–Trinajstić information content (AvgIpc) is 2.18. The third kappa shape index (κ3) is 1.35. The van der Waals surface area contributed by atoms with Crippen LogP contribution in [0.4, 0.5) is 0 Å². The molecule has 13 heavy (non-hydrogen) atoms. The van der Waals surface area contributed by atoms with Crippen LogP contribution in [0, 0.1) is 6.92 Å². The molecule has 0 saturated heterocycles. The first-order valence-electron chi connectivity index (χ1n) is 4.19. The van der Waals surface area contributed by atoms with Crippen LogP contribution in [0.2, 0.25) is 0 Å². The minimum absolute atomic E-state index is 0.899. The third-order valence-electron chi connectivity index (χ3n) is 2.17. The highest BCUT2D eigenvalue weighted by Gasteiger charge is 1.99. The Morgan fingerprint density at radius 3 is 2.92 bits per heavy atom. The predicted molar refractivity (Wildman–Crippen MR) is 53.0 cm³/mol. The van der Waals surface area contributed by atoms with Gasteiger partial charge in [0.25, 0.3) is 0 Å². The normalized spacial score (nSPS) is 10.3. The molecule has 1 aromatic carbocycles. The number of aryl methyl sites for hydroxylation is 1. The maximum atomic E-state index is 5.18. The number of benzene rings is 1. The summed E-state index contributed by atoms with van der Waals surface area (Å²) >= 11 is 0. The predicted octanol–water partition coefficient (Wildman–Crippen LogP) is 2.55. The van der Waals surface area contributed by atoms with Crippen LogP contribution >= 0.6 is 0 Å². The first-order chi connectivity index (χ1) is 6.31. The van der Waals surface area contributed by atoms with Gasteiger partial charge in [0.15, 0.2) is 0 Å². The van der Waals surface area contributed by atoms with E-state index in [1.165, 1.54) is 16.3 Å². The Bertz CT molecular complexity index is 437. The van der Waals surface area contributed by atoms with Crippen LogP contribution in [0.5, 0.6) is 5.75 Å². The van der Waals surface area contributed by atoms with Crippen molar-refractivity contribution in [3.8, 4) is 5.75 Å². The van der Waals surface area contributed by atoms with E-state index in [0.717, 1.165) is 5.75 Å². The summed E-state index contributed by atoms with van der Waals surface area (Å²) in [5, 5.41) is 2.36. The van der Waals surface area contributed by atoms with E-state index >= 15 is 0 Å². The number of hydrogen-bond acceptors (Lipinski definition) is 2. The van der Waals surface area contributed by atoms with Crippen molar-refractivity contribution in [1.29, 1.82) is 0 Å². The van der Waals surface area contributed by atoms with E-state index in [9.17, 15) is 0 Å². The maximum Gasteiger partial charge on any atom is 0.119 e. The van der Waals surface area contributed by atoms with E-state index < -0.39 is 0 Å². The van der Waals surface area contributed by atoms with E-state index in [1.807, 2.05) is 24.4 Å². The molecule has 0 radical (unpaired) electrons. The summed E-state index contributed by atoms with van der Waals surface area (Å²) in [6.07, 6.45) is 3.67. The summed E-state index contributed by atoms with van der Waals surface area (Å²) in [5.74, 6) is 0.899. The molecule has 0 fully saturated rings. The second-order valence-electron chi connectivity index (χ2n) is 3.04. The molecule has 0 aliphatic rings. The van der Waals surface area contributed by atoms with Crippen LogP contribution in [-0.2, 0) is 0 Å². The van der Waals surface area contributed by atoms with Gasteiger partial charge in [-0.1, -0.05) is 0 Å². The number of fused-ring (bicyclic) bond motifs is 1. The summed E-state index contributed by atoms with van der Waals surface area (Å²) in [6.45, 7) is 2.06. The molecular weight excluding hydrogens is 162 g/mol. The minimum Gasteiger partial charge on any atom is -0.497 e. The topological polar surface area (TPSA) is 22.1 Å². The van der Waals surface area contributed by atoms with Crippen LogP contribution in [0.15, 0.2) is 30.6 Å². The standard InChI is InChI=1S/C11H11NO/c1-8-5-10(13-2)6-9-3-4-12-7-11(8)9/h3-7H,1-2H3. The molecule has 0 aliphatic carbocycles. The van der Waals surface area contributed by atoms with Crippen LogP contribution in [0.3, 0.4) is 0 Å². The van der Waals surface area contributed by atoms with Gasteiger partial charge in [-0.2, -0.15) is 0 Å². The van der Waals surface area contributed by atoms with Crippen LogP contribution < -0.4 is 4.74 Å². The SMILES string of the molecule is COc1cc(C)c2cnccc2c1. The van der Waals surface area contributed by atoms with Crippen molar-refractivity contribution in [2.45, 2.75) is 6.92 Å². The van der Waals surface area contributed by atoms with Crippen molar-refractivity contribution >= 4 is 10.8 Å². The molecule has 66 valence electrons. The van der Waals surface area contributed by atoms with Crippen LogP contribution in [0.1, 0.15) is 5.56 Å². The van der Waals surface area contributed by atoms with E-state index in [4.69, 9.17) is 4.74 Å². The number of hydrogen-bond donors (Lipinski definition) is 0. The van der Waals surface area contributed by atoms with Gasteiger partial charge in [0, 0.05) is 17.8 Å². The van der Waals surface area contributed by atoms with Gasteiger partial charge in [-0.15, -0.1) is 0 Å². The summed E-state index contributed by atoms with van der Waals surface area (Å²) in [5.41, 5.74) is 1.20. The van der Waals surface area contributed by atoms with Gasteiger partial charge in [-0.3, -0.25) is 4.98 Å². The van der Waals surface area contributed by atoms with E-state index in [0.29, 0.717) is 0 Å². The number of nitrogens with zero attached hydrogens (tertiary/aromatic N) is 1. The van der Waals surface area contributed by atoms with E-state index in [2.05, 4.69) is 11.9 Å². The molecule has 1 aromatic heterocycles. The number of aromatic nitrogens is 1. The quantitative estimate of drug-likeness (QED) is 0.661. The van der Waals surface area contributed by atoms with Crippen molar-refractivity contribution < 1.29 is 4.74 Å². The fourth-order valence-electron chi connectivity index (χ4n) is 1.46. The fraction of sp³-hybridized carbons (Fsp3) is 0.182. The second kappa shape index (κ2) is 3.05. The molecule has 2 rings (SSSR count). The largest absolute Gasteiger partial charge is 0.497 e. The second-order valence-corrected chi connectivity index (χ2v) is 3.04. The van der Waals surface area contributed by atoms with Gasteiger partial charge >= 0.3 is 0 Å². The molecular formula is C11H11NO. The minimum atomic E-state index is 0.899. The van der Waals surface area contributed by atoms with Gasteiger partial charge in [-0.05, 0) is 36.1 Å². The lowest BCUT2D eigenvalue weighted by atomic mass is 10.1. The molecule has 0 aliphatic heterocycles. The first kappa shape index (κ1) is 8.05. The van der Waals surface area contributed by atoms with Gasteiger partial charge < -0.3 is 4.74 Å². The number of rotatable bonds is 1. The van der Waals surface area contributed by atoms with Gasteiger partial charge in [0.1, 0.15) is 5.75 Å². The average molecular weight is 173 g/mol. The Balaban J connectivity index is 2.77. The molecule has 0 saturated carbocycles. The van der Waals surface area contributed by atoms with Crippen molar-refractivity contribution in [2.24, 2.45) is 0 Å². The Hall–Kier alpha value is -1.57. The van der Waals surface area contributed by atoms with Crippen LogP contribution in [0.25, 0.3) is 10.8 Å². The Kier molecular flexibility index (Phi) is 1.89. The molecule has 2 nitrogen and oxygen atoms in total. The van der Waals surface area contributed by atoms with Gasteiger partial charge in [0.2, 0.25) is 0 Å². The van der Waals surface area contributed by atoms with Gasteiger partial charge in [-0.25, -0.2) is 0 Å². The van der Waals surface area contributed by atoms with Crippen molar-refractivity contribution in [3.05, 3.63) is 36.2 Å². The summed E-state index contributed by atoms with van der Waals surface area (Å²) in [6, 6.07) is 6.03. The Morgan fingerprint density at radius 2 is 2.15 bits per heavy atom. The maximum absolute atomic E-state index is 5.18. The van der Waals surface area contributed by atoms with Crippen molar-refractivity contribution in [1.82, 2.24) is 4.98 Å². The monoisotopic (exact) mass is 173 g/mol. The smallest absolute Gasteiger partial charge is 0.119 e. The molecule has 0 bridgehead atoms. The third-order valence-corrected chi connectivity index (χ3v) is 2.17. The highest BCUT2D eigenvalue weighted by Crippen LogP contribution is 2.23. The molecule has 1 heterocycles.